The Labute approximate surface area is 228 Å². The number of carboxylic acids is 2. The van der Waals surface area contributed by atoms with Crippen molar-refractivity contribution in [2.75, 3.05) is 18.0 Å². The summed E-state index contributed by atoms with van der Waals surface area (Å²) in [6, 6.07) is 4.38. The Morgan fingerprint density at radius 3 is 1.98 bits per heavy atom. The van der Waals surface area contributed by atoms with Crippen LogP contribution >= 0.6 is 0 Å². The third-order valence-electron chi connectivity index (χ3n) is 5.56. The van der Waals surface area contributed by atoms with Crippen molar-refractivity contribution >= 4 is 28.8 Å². The molecule has 2 aromatic heterocycles. The van der Waals surface area contributed by atoms with Crippen LogP contribution < -0.4 is 16.2 Å². The summed E-state index contributed by atoms with van der Waals surface area (Å²) >= 11 is 0. The van der Waals surface area contributed by atoms with E-state index in [1.807, 2.05) is 4.90 Å². The smallest absolute Gasteiger partial charge is 0.475 e. The Morgan fingerprint density at radius 1 is 0.952 bits per heavy atom. The minimum atomic E-state index is -5.08. The first-order valence-electron chi connectivity index (χ1n) is 11.3. The second-order valence-electron chi connectivity index (χ2n) is 8.59. The molecular formula is C23H20F9N5O5. The van der Waals surface area contributed by atoms with Gasteiger partial charge in [-0.05, 0) is 37.1 Å². The van der Waals surface area contributed by atoms with E-state index in [0.717, 1.165) is 6.07 Å². The van der Waals surface area contributed by atoms with Crippen LogP contribution in [-0.4, -0.2) is 68.6 Å². The van der Waals surface area contributed by atoms with Crippen LogP contribution in [0.1, 0.15) is 23.7 Å². The number of nitrogens with zero attached hydrogens (tertiary/aromatic N) is 3. The van der Waals surface area contributed by atoms with Gasteiger partial charge in [-0.25, -0.2) is 32.7 Å². The van der Waals surface area contributed by atoms with Crippen molar-refractivity contribution < 1.29 is 59.3 Å². The molecule has 230 valence electrons. The Hall–Kier alpha value is -4.42. The summed E-state index contributed by atoms with van der Waals surface area (Å²) in [4.78, 5) is 43.1. The predicted molar refractivity (Wildman–Crippen MR) is 126 cm³/mol. The van der Waals surface area contributed by atoms with Gasteiger partial charge in [0.05, 0.1) is 5.52 Å². The maximum atomic E-state index is 14.1. The molecular weight excluding hydrogens is 597 g/mol. The van der Waals surface area contributed by atoms with Crippen LogP contribution in [0.4, 0.5) is 45.3 Å². The number of aromatic amines is 1. The average Bonchev–Trinajstić information content (AvgIpc) is 2.86. The fourth-order valence-electron chi connectivity index (χ4n) is 3.71. The lowest BCUT2D eigenvalue weighted by molar-refractivity contribution is -0.193. The minimum absolute atomic E-state index is 0.0774. The number of anilines is 1. The van der Waals surface area contributed by atoms with Gasteiger partial charge in [-0.2, -0.15) is 26.3 Å². The highest BCUT2D eigenvalue weighted by molar-refractivity contribution is 5.75. The lowest BCUT2D eigenvalue weighted by atomic mass is 9.85. The number of nitrogens with two attached hydrogens (primary N) is 1. The lowest BCUT2D eigenvalue weighted by Gasteiger charge is -2.37. The zero-order chi connectivity index (χ0) is 32.2. The fourth-order valence-corrected chi connectivity index (χ4v) is 3.71. The molecule has 1 aliphatic rings. The molecule has 42 heavy (non-hydrogen) atoms. The molecule has 0 amide bonds. The molecule has 1 aliphatic heterocycles. The van der Waals surface area contributed by atoms with Gasteiger partial charge in [-0.3, -0.25) is 4.79 Å². The number of nitrogens with one attached hydrogen (secondary N) is 1. The summed E-state index contributed by atoms with van der Waals surface area (Å²) in [5.74, 6) is -8.01. The topological polar surface area (TPSA) is 162 Å². The van der Waals surface area contributed by atoms with Gasteiger partial charge in [0.25, 0.3) is 5.56 Å². The molecule has 0 spiro atoms. The molecule has 1 saturated heterocycles. The van der Waals surface area contributed by atoms with Crippen molar-refractivity contribution in [3.8, 4) is 0 Å². The van der Waals surface area contributed by atoms with Crippen molar-refractivity contribution in [2.24, 2.45) is 5.73 Å². The Kier molecular flexibility index (Phi) is 10.5. The highest BCUT2D eigenvalue weighted by atomic mass is 19.4. The van der Waals surface area contributed by atoms with Crippen molar-refractivity contribution in [1.82, 2.24) is 15.0 Å². The number of piperidine rings is 1. The molecule has 0 radical (unpaired) electrons. The van der Waals surface area contributed by atoms with E-state index >= 15 is 0 Å². The van der Waals surface area contributed by atoms with Crippen LogP contribution in [0.5, 0.6) is 0 Å². The van der Waals surface area contributed by atoms with E-state index in [1.165, 1.54) is 0 Å². The second-order valence-corrected chi connectivity index (χ2v) is 8.59. The van der Waals surface area contributed by atoms with Gasteiger partial charge in [0.1, 0.15) is 17.5 Å². The molecule has 0 unspecified atom stereocenters. The zero-order valence-electron chi connectivity index (χ0n) is 21.0. The molecule has 0 aliphatic carbocycles. The average molecular weight is 617 g/mol. The molecule has 4 rings (SSSR count). The van der Waals surface area contributed by atoms with E-state index in [2.05, 4.69) is 15.0 Å². The first-order chi connectivity index (χ1) is 19.2. The standard InChI is InChI=1S/C19H18F3N5O.2C2HF3O2/c1-9-24-16-2-3-17(26-18(16)19(28)25-9)27-5-4-10(15(23)8-27)11-6-13(21)14(22)7-12(11)20;2*3-2(4,5)1(6)7/h2-3,6-7,10,15H,4-5,8,23H2,1H3,(H,24,25,28);2*(H,6,7)/t10-,15+;;/m1../s1. The number of carboxylic acid groups (broad SMARTS) is 2. The molecule has 3 aromatic rings. The van der Waals surface area contributed by atoms with Crippen LogP contribution in [-0.2, 0) is 9.59 Å². The number of rotatable bonds is 2. The maximum absolute atomic E-state index is 14.1. The third kappa shape index (κ3) is 8.79. The number of halogens is 9. The SMILES string of the molecule is Cc1nc2ccc(N3CC[C@H](c4cc(F)c(F)cc4F)[C@@H](N)C3)nc2c(=O)[nH]1.O=C(O)C(F)(F)F.O=C(O)C(F)(F)F. The van der Waals surface area contributed by atoms with Crippen LogP contribution in [0.3, 0.4) is 0 Å². The molecule has 1 aromatic carbocycles. The van der Waals surface area contributed by atoms with Crippen molar-refractivity contribution in [2.45, 2.75) is 37.7 Å². The molecule has 1 fully saturated rings. The first-order valence-corrected chi connectivity index (χ1v) is 11.3. The van der Waals surface area contributed by atoms with E-state index in [-0.39, 0.29) is 16.6 Å². The molecule has 0 saturated carbocycles. The van der Waals surface area contributed by atoms with Gasteiger partial charge in [0.2, 0.25) is 0 Å². The number of pyridine rings is 1. The molecule has 19 heteroatoms. The summed E-state index contributed by atoms with van der Waals surface area (Å²) < 4.78 is 104. The van der Waals surface area contributed by atoms with Gasteiger partial charge < -0.3 is 25.8 Å². The highest BCUT2D eigenvalue weighted by Crippen LogP contribution is 2.32. The largest absolute Gasteiger partial charge is 0.490 e. The van der Waals surface area contributed by atoms with E-state index in [0.29, 0.717) is 42.7 Å². The maximum Gasteiger partial charge on any atom is 0.490 e. The predicted octanol–water partition coefficient (Wildman–Crippen LogP) is 3.63. The van der Waals surface area contributed by atoms with Gasteiger partial charge >= 0.3 is 24.3 Å². The Morgan fingerprint density at radius 2 is 1.48 bits per heavy atom. The minimum Gasteiger partial charge on any atom is -0.475 e. The summed E-state index contributed by atoms with van der Waals surface area (Å²) in [6.07, 6.45) is -9.73. The monoisotopic (exact) mass is 617 g/mol. The lowest BCUT2D eigenvalue weighted by Crippen LogP contribution is -2.48. The number of carbonyl (C=O) groups is 2. The van der Waals surface area contributed by atoms with Crippen LogP contribution in [0.25, 0.3) is 11.0 Å². The number of aliphatic carboxylic acids is 2. The first kappa shape index (κ1) is 33.8. The summed E-state index contributed by atoms with van der Waals surface area (Å²) in [5, 5.41) is 14.2. The highest BCUT2D eigenvalue weighted by Gasteiger charge is 2.39. The molecule has 3 heterocycles. The summed E-state index contributed by atoms with van der Waals surface area (Å²) in [7, 11) is 0. The molecule has 10 nitrogen and oxygen atoms in total. The van der Waals surface area contributed by atoms with E-state index in [9.17, 15) is 44.3 Å². The quantitative estimate of drug-likeness (QED) is 0.249. The number of H-pyrrole nitrogens is 1. The number of aromatic nitrogens is 3. The van der Waals surface area contributed by atoms with E-state index < -0.39 is 53.7 Å². The molecule has 0 bridgehead atoms. The summed E-state index contributed by atoms with van der Waals surface area (Å²) in [6.45, 7) is 2.50. The van der Waals surface area contributed by atoms with Crippen LogP contribution in [0.15, 0.2) is 29.1 Å². The third-order valence-corrected chi connectivity index (χ3v) is 5.56. The second kappa shape index (κ2) is 13.0. The Balaban J connectivity index is 0.000000367. The number of hydrogen-bond acceptors (Lipinski definition) is 7. The number of fused-ring (bicyclic) bond motifs is 1. The van der Waals surface area contributed by atoms with E-state index in [4.69, 9.17) is 25.5 Å². The molecule has 5 N–H and O–H groups in total. The zero-order valence-corrected chi connectivity index (χ0v) is 21.0. The van der Waals surface area contributed by atoms with Gasteiger partial charge in [-0.15, -0.1) is 0 Å². The summed E-state index contributed by atoms with van der Waals surface area (Å²) in [5.41, 5.74) is 6.70. The van der Waals surface area contributed by atoms with Crippen LogP contribution in [0, 0.1) is 24.4 Å². The Bertz CT molecular complexity index is 1490. The van der Waals surface area contributed by atoms with E-state index in [1.54, 1.807) is 19.1 Å². The van der Waals surface area contributed by atoms with Gasteiger partial charge in [0.15, 0.2) is 17.2 Å². The fraction of sp³-hybridized carbons (Fsp3) is 0.348. The number of alkyl halides is 6. The number of hydrogen-bond donors (Lipinski definition) is 4. The number of benzene rings is 1. The number of aryl methyl sites for hydroxylation is 1. The van der Waals surface area contributed by atoms with Crippen molar-refractivity contribution in [3.63, 3.8) is 0 Å². The molecule has 2 atom stereocenters. The van der Waals surface area contributed by atoms with Crippen LogP contribution in [0.2, 0.25) is 0 Å². The van der Waals surface area contributed by atoms with Gasteiger partial charge in [-0.1, -0.05) is 0 Å². The van der Waals surface area contributed by atoms with Crippen molar-refractivity contribution in [3.05, 3.63) is 63.5 Å². The normalized spacial score (nSPS) is 17.1. The van der Waals surface area contributed by atoms with Gasteiger partial charge in [0, 0.05) is 31.1 Å². The van der Waals surface area contributed by atoms with Crippen molar-refractivity contribution in [1.29, 1.82) is 0 Å².